The maximum atomic E-state index is 13.8. The quantitative estimate of drug-likeness (QED) is 0.834. The third kappa shape index (κ3) is 3.04. The summed E-state index contributed by atoms with van der Waals surface area (Å²) in [5.41, 5.74) is 0.843. The van der Waals surface area contributed by atoms with Crippen molar-refractivity contribution in [2.45, 2.75) is 24.5 Å². The molecule has 1 aliphatic rings. The molecule has 0 radical (unpaired) electrons. The van der Waals surface area contributed by atoms with Crippen LogP contribution in [-0.2, 0) is 9.59 Å². The second-order valence-corrected chi connectivity index (χ2v) is 5.88. The molecule has 1 aliphatic heterocycles. The highest BCUT2D eigenvalue weighted by Crippen LogP contribution is 2.27. The first-order valence-electron chi connectivity index (χ1n) is 6.85. The van der Waals surface area contributed by atoms with Gasteiger partial charge in [0.15, 0.2) is 0 Å². The molecule has 7 nitrogen and oxygen atoms in total. The number of nitrogens with zero attached hydrogens (tertiary/aromatic N) is 3. The smallest absolute Gasteiger partial charge is 0.252 e. The molecule has 120 valence electrons. The second-order valence-electron chi connectivity index (χ2n) is 5.11. The number of benzene rings is 1. The molecule has 23 heavy (non-hydrogen) atoms. The van der Waals surface area contributed by atoms with Crippen LogP contribution in [0, 0.1) is 12.7 Å². The number of fused-ring (bicyclic) bond motifs is 1. The largest absolute Gasteiger partial charge is 0.324 e. The predicted octanol–water partition coefficient (Wildman–Crippen LogP) is 1.97. The SMILES string of the molecule is CSc1nc2n(n1)C(CC(=O)Nc1ccc(C)cc1F)C(=O)N2. The van der Waals surface area contributed by atoms with E-state index < -0.39 is 17.8 Å². The van der Waals surface area contributed by atoms with Crippen LogP contribution in [0.4, 0.5) is 16.0 Å². The third-order valence-corrected chi connectivity index (χ3v) is 3.94. The summed E-state index contributed by atoms with van der Waals surface area (Å²) in [7, 11) is 0. The van der Waals surface area contributed by atoms with Gasteiger partial charge in [0.1, 0.15) is 11.9 Å². The van der Waals surface area contributed by atoms with Crippen LogP contribution in [0.2, 0.25) is 0 Å². The molecule has 0 fully saturated rings. The first-order chi connectivity index (χ1) is 11.0. The fraction of sp³-hybridized carbons (Fsp3) is 0.286. The lowest BCUT2D eigenvalue weighted by Gasteiger charge is -2.10. The van der Waals surface area contributed by atoms with Crippen molar-refractivity contribution in [2.24, 2.45) is 0 Å². The van der Waals surface area contributed by atoms with Gasteiger partial charge in [0, 0.05) is 0 Å². The van der Waals surface area contributed by atoms with Gasteiger partial charge in [0.25, 0.3) is 5.91 Å². The molecule has 2 aromatic rings. The van der Waals surface area contributed by atoms with Crippen LogP contribution < -0.4 is 10.6 Å². The van der Waals surface area contributed by atoms with Crippen LogP contribution in [0.3, 0.4) is 0 Å². The molecular formula is C14H14FN5O2S. The molecule has 1 aromatic heterocycles. The molecule has 3 rings (SSSR count). The fourth-order valence-electron chi connectivity index (χ4n) is 2.27. The third-order valence-electron chi connectivity index (χ3n) is 3.40. The summed E-state index contributed by atoms with van der Waals surface area (Å²) in [6.45, 7) is 1.76. The summed E-state index contributed by atoms with van der Waals surface area (Å²) in [6.07, 6.45) is 1.66. The number of aromatic nitrogens is 3. The monoisotopic (exact) mass is 335 g/mol. The van der Waals surface area contributed by atoms with E-state index in [1.165, 1.54) is 28.6 Å². The molecule has 2 N–H and O–H groups in total. The van der Waals surface area contributed by atoms with Crippen LogP contribution >= 0.6 is 11.8 Å². The Morgan fingerprint density at radius 3 is 3.00 bits per heavy atom. The van der Waals surface area contributed by atoms with E-state index in [9.17, 15) is 14.0 Å². The zero-order valence-corrected chi connectivity index (χ0v) is 13.3. The Morgan fingerprint density at radius 2 is 2.30 bits per heavy atom. The lowest BCUT2D eigenvalue weighted by atomic mass is 10.2. The van der Waals surface area contributed by atoms with Crippen LogP contribution in [0.1, 0.15) is 18.0 Å². The highest BCUT2D eigenvalue weighted by Gasteiger charge is 2.35. The minimum absolute atomic E-state index is 0.0858. The molecule has 0 saturated carbocycles. The summed E-state index contributed by atoms with van der Waals surface area (Å²) in [5.74, 6) is -1.02. The van der Waals surface area contributed by atoms with Crippen molar-refractivity contribution in [2.75, 3.05) is 16.9 Å². The van der Waals surface area contributed by atoms with Crippen molar-refractivity contribution in [1.29, 1.82) is 0 Å². The number of amides is 2. The molecule has 2 amide bonds. The average molecular weight is 335 g/mol. The molecule has 0 bridgehead atoms. The molecule has 9 heteroatoms. The Hall–Kier alpha value is -2.42. The van der Waals surface area contributed by atoms with E-state index in [0.29, 0.717) is 11.1 Å². The minimum atomic E-state index is -0.785. The van der Waals surface area contributed by atoms with Crippen LogP contribution in [0.15, 0.2) is 23.4 Å². The number of hydrogen-bond donors (Lipinski definition) is 2. The van der Waals surface area contributed by atoms with Crippen molar-refractivity contribution < 1.29 is 14.0 Å². The van der Waals surface area contributed by atoms with Crippen molar-refractivity contribution in [1.82, 2.24) is 14.8 Å². The van der Waals surface area contributed by atoms with Gasteiger partial charge in [-0.1, -0.05) is 17.8 Å². The van der Waals surface area contributed by atoms with E-state index in [1.54, 1.807) is 13.0 Å². The van der Waals surface area contributed by atoms with E-state index in [-0.39, 0.29) is 18.0 Å². The Labute approximate surface area is 135 Å². The fourth-order valence-corrected chi connectivity index (χ4v) is 2.62. The Balaban J connectivity index is 1.73. The molecule has 1 atom stereocenters. The summed E-state index contributed by atoms with van der Waals surface area (Å²) in [5, 5.41) is 9.72. The van der Waals surface area contributed by atoms with Crippen LogP contribution in [-0.4, -0.2) is 32.8 Å². The van der Waals surface area contributed by atoms with Crippen molar-refractivity contribution in [3.63, 3.8) is 0 Å². The van der Waals surface area contributed by atoms with E-state index >= 15 is 0 Å². The summed E-state index contributed by atoms with van der Waals surface area (Å²) < 4.78 is 15.2. The number of carbonyl (C=O) groups excluding carboxylic acids is 2. The van der Waals surface area contributed by atoms with Gasteiger partial charge in [0.2, 0.25) is 17.0 Å². The van der Waals surface area contributed by atoms with E-state index in [4.69, 9.17) is 0 Å². The van der Waals surface area contributed by atoms with Gasteiger partial charge in [-0.05, 0) is 30.9 Å². The molecule has 0 spiro atoms. The lowest BCUT2D eigenvalue weighted by molar-refractivity contribution is -0.123. The maximum absolute atomic E-state index is 13.8. The van der Waals surface area contributed by atoms with Gasteiger partial charge < -0.3 is 5.32 Å². The van der Waals surface area contributed by atoms with Crippen molar-refractivity contribution in [3.05, 3.63) is 29.6 Å². The van der Waals surface area contributed by atoms with Crippen LogP contribution in [0.25, 0.3) is 0 Å². The molecular weight excluding hydrogens is 321 g/mol. The van der Waals surface area contributed by atoms with Gasteiger partial charge in [-0.25, -0.2) is 9.07 Å². The molecule has 2 heterocycles. The van der Waals surface area contributed by atoms with Gasteiger partial charge >= 0.3 is 0 Å². The minimum Gasteiger partial charge on any atom is -0.324 e. The molecule has 0 saturated heterocycles. The number of thioether (sulfide) groups is 1. The summed E-state index contributed by atoms with van der Waals surface area (Å²) in [6, 6.07) is 3.73. The number of aryl methyl sites for hydroxylation is 1. The Morgan fingerprint density at radius 1 is 1.52 bits per heavy atom. The molecule has 1 unspecified atom stereocenters. The highest BCUT2D eigenvalue weighted by atomic mass is 32.2. The number of hydrogen-bond acceptors (Lipinski definition) is 5. The predicted molar refractivity (Wildman–Crippen MR) is 83.9 cm³/mol. The summed E-state index contributed by atoms with van der Waals surface area (Å²) >= 11 is 1.34. The zero-order valence-electron chi connectivity index (χ0n) is 12.5. The maximum Gasteiger partial charge on any atom is 0.252 e. The Bertz CT molecular complexity index is 791. The summed E-state index contributed by atoms with van der Waals surface area (Å²) in [4.78, 5) is 28.1. The van der Waals surface area contributed by atoms with Crippen molar-refractivity contribution >= 4 is 35.2 Å². The van der Waals surface area contributed by atoms with Gasteiger partial charge in [0.05, 0.1) is 12.1 Å². The second kappa shape index (κ2) is 5.99. The molecule has 1 aromatic carbocycles. The Kier molecular flexibility index (Phi) is 4.03. The number of anilines is 2. The number of carbonyl (C=O) groups is 2. The average Bonchev–Trinajstić information content (AvgIpc) is 3.01. The van der Waals surface area contributed by atoms with E-state index in [1.807, 2.05) is 6.26 Å². The number of halogens is 1. The van der Waals surface area contributed by atoms with E-state index in [2.05, 4.69) is 20.7 Å². The standard InChI is InChI=1S/C14H14FN5O2S/c1-7-3-4-9(8(15)5-7)16-11(21)6-10-12(22)17-13-18-14(23-2)19-20(10)13/h3-5,10H,6H2,1-2H3,(H,16,21)(H,17,18,19,22). The normalized spacial score (nSPS) is 16.1. The van der Waals surface area contributed by atoms with Gasteiger partial charge in [-0.2, -0.15) is 4.98 Å². The topological polar surface area (TPSA) is 88.9 Å². The highest BCUT2D eigenvalue weighted by molar-refractivity contribution is 7.98. The zero-order chi connectivity index (χ0) is 16.6. The number of nitrogens with one attached hydrogen (secondary N) is 2. The van der Waals surface area contributed by atoms with Crippen LogP contribution in [0.5, 0.6) is 0 Å². The van der Waals surface area contributed by atoms with Gasteiger partial charge in [-0.3, -0.25) is 14.9 Å². The molecule has 0 aliphatic carbocycles. The van der Waals surface area contributed by atoms with Gasteiger partial charge in [-0.15, -0.1) is 5.10 Å². The van der Waals surface area contributed by atoms with Crippen molar-refractivity contribution in [3.8, 4) is 0 Å². The first-order valence-corrected chi connectivity index (χ1v) is 8.08. The lowest BCUT2D eigenvalue weighted by Crippen LogP contribution is -2.24. The number of rotatable bonds is 4. The first kappa shape index (κ1) is 15.5. The van der Waals surface area contributed by atoms with E-state index in [0.717, 1.165) is 5.56 Å².